The molecule has 3 nitrogen and oxygen atoms in total. The second-order valence-corrected chi connectivity index (χ2v) is 4.76. The summed E-state index contributed by atoms with van der Waals surface area (Å²) in [4.78, 5) is 11.9. The van der Waals surface area contributed by atoms with Crippen molar-refractivity contribution in [1.29, 1.82) is 0 Å². The normalized spacial score (nSPS) is 37.9. The molecular weight excluding hydrogens is 190 g/mol. The molecule has 3 unspecified atom stereocenters. The molecule has 0 aromatic heterocycles. The van der Waals surface area contributed by atoms with E-state index in [1.165, 1.54) is 6.42 Å². The molecule has 0 amide bonds. The zero-order chi connectivity index (χ0) is 10.7. The van der Waals surface area contributed by atoms with Gasteiger partial charge in [0, 0.05) is 24.9 Å². The van der Waals surface area contributed by atoms with Gasteiger partial charge in [-0.15, -0.1) is 0 Å². The number of carbonyl (C=O) groups is 1. The molecule has 0 radical (unpaired) electrons. The predicted octanol–water partition coefficient (Wildman–Crippen LogP) is 1.37. The molecule has 0 aromatic carbocycles. The van der Waals surface area contributed by atoms with E-state index in [2.05, 4.69) is 12.2 Å². The number of hydrogen-bond acceptors (Lipinski definition) is 3. The zero-order valence-corrected chi connectivity index (χ0v) is 9.50. The molecule has 3 heteroatoms. The summed E-state index contributed by atoms with van der Waals surface area (Å²) >= 11 is 0. The Labute approximate surface area is 91.6 Å². The molecule has 1 saturated heterocycles. The summed E-state index contributed by atoms with van der Waals surface area (Å²) < 4.78 is 5.44. The van der Waals surface area contributed by atoms with Gasteiger partial charge in [0.1, 0.15) is 5.78 Å². The van der Waals surface area contributed by atoms with Gasteiger partial charge in [0.2, 0.25) is 0 Å². The van der Waals surface area contributed by atoms with Crippen LogP contribution in [0.3, 0.4) is 0 Å². The number of hydrogen-bond donors (Lipinski definition) is 1. The molecule has 2 fully saturated rings. The second kappa shape index (κ2) is 5.08. The van der Waals surface area contributed by atoms with E-state index in [4.69, 9.17) is 4.74 Å². The SMILES string of the molecule is CCC1CCC(=O)C(C2COCCN2)C1. The topological polar surface area (TPSA) is 38.3 Å². The molecule has 1 aliphatic heterocycles. The summed E-state index contributed by atoms with van der Waals surface area (Å²) in [6.45, 7) is 4.62. The molecular formula is C12H21NO2. The van der Waals surface area contributed by atoms with Crippen molar-refractivity contribution in [3.63, 3.8) is 0 Å². The molecule has 1 aliphatic carbocycles. The maximum atomic E-state index is 11.9. The summed E-state index contributed by atoms with van der Waals surface area (Å²) in [6.07, 6.45) is 4.15. The Hall–Kier alpha value is -0.410. The van der Waals surface area contributed by atoms with Crippen molar-refractivity contribution in [2.24, 2.45) is 11.8 Å². The molecule has 1 heterocycles. The average molecular weight is 211 g/mol. The number of nitrogens with one attached hydrogen (secondary N) is 1. The van der Waals surface area contributed by atoms with E-state index in [1.54, 1.807) is 0 Å². The number of ketones is 1. The van der Waals surface area contributed by atoms with E-state index in [0.29, 0.717) is 12.4 Å². The van der Waals surface area contributed by atoms with Crippen LogP contribution in [-0.4, -0.2) is 31.6 Å². The van der Waals surface area contributed by atoms with Crippen LogP contribution in [0.1, 0.15) is 32.6 Å². The molecule has 2 rings (SSSR count). The van der Waals surface area contributed by atoms with Gasteiger partial charge < -0.3 is 10.1 Å². The molecule has 86 valence electrons. The first-order valence-electron chi connectivity index (χ1n) is 6.15. The fraction of sp³-hybridized carbons (Fsp3) is 0.917. The maximum absolute atomic E-state index is 11.9. The van der Waals surface area contributed by atoms with Gasteiger partial charge >= 0.3 is 0 Å². The Balaban J connectivity index is 1.95. The zero-order valence-electron chi connectivity index (χ0n) is 9.50. The van der Waals surface area contributed by atoms with E-state index in [1.807, 2.05) is 0 Å². The third kappa shape index (κ3) is 2.58. The summed E-state index contributed by atoms with van der Waals surface area (Å²) in [5.74, 6) is 1.41. The number of ether oxygens (including phenoxy) is 1. The van der Waals surface area contributed by atoms with Gasteiger partial charge in [-0.2, -0.15) is 0 Å². The third-order valence-electron chi connectivity index (χ3n) is 3.81. The standard InChI is InChI=1S/C12H21NO2/c1-2-9-3-4-12(14)10(7-9)11-8-15-6-5-13-11/h9-11,13H,2-8H2,1H3. The molecule has 3 atom stereocenters. The van der Waals surface area contributed by atoms with Gasteiger partial charge in [-0.05, 0) is 18.8 Å². The number of morpholine rings is 1. The van der Waals surface area contributed by atoms with Crippen molar-refractivity contribution in [3.8, 4) is 0 Å². The summed E-state index contributed by atoms with van der Waals surface area (Å²) in [5.41, 5.74) is 0. The van der Waals surface area contributed by atoms with E-state index < -0.39 is 0 Å². The lowest BCUT2D eigenvalue weighted by atomic mass is 9.76. The van der Waals surface area contributed by atoms with Crippen LogP contribution in [0.25, 0.3) is 0 Å². The van der Waals surface area contributed by atoms with Crippen LogP contribution < -0.4 is 5.32 Å². The van der Waals surface area contributed by atoms with E-state index >= 15 is 0 Å². The molecule has 0 spiro atoms. The second-order valence-electron chi connectivity index (χ2n) is 4.76. The van der Waals surface area contributed by atoms with E-state index in [-0.39, 0.29) is 12.0 Å². The highest BCUT2D eigenvalue weighted by atomic mass is 16.5. The Bertz CT molecular complexity index is 224. The molecule has 2 aliphatic rings. The third-order valence-corrected chi connectivity index (χ3v) is 3.81. The van der Waals surface area contributed by atoms with Crippen molar-refractivity contribution in [1.82, 2.24) is 5.32 Å². The molecule has 0 bridgehead atoms. The van der Waals surface area contributed by atoms with Crippen LogP contribution in [0.5, 0.6) is 0 Å². The van der Waals surface area contributed by atoms with Crippen LogP contribution >= 0.6 is 0 Å². The van der Waals surface area contributed by atoms with Gasteiger partial charge in [0.15, 0.2) is 0 Å². The van der Waals surface area contributed by atoms with Crippen LogP contribution in [0.2, 0.25) is 0 Å². The summed E-state index contributed by atoms with van der Waals surface area (Å²) in [5, 5.41) is 3.42. The van der Waals surface area contributed by atoms with Crippen LogP contribution in [0, 0.1) is 11.8 Å². The smallest absolute Gasteiger partial charge is 0.137 e. The monoisotopic (exact) mass is 211 g/mol. The lowest BCUT2D eigenvalue weighted by molar-refractivity contribution is -0.128. The first-order chi connectivity index (χ1) is 7.31. The van der Waals surface area contributed by atoms with Gasteiger partial charge in [-0.3, -0.25) is 4.79 Å². The van der Waals surface area contributed by atoms with Gasteiger partial charge in [-0.1, -0.05) is 13.3 Å². The van der Waals surface area contributed by atoms with Gasteiger partial charge in [0.25, 0.3) is 0 Å². The van der Waals surface area contributed by atoms with E-state index in [0.717, 1.165) is 38.3 Å². The minimum atomic E-state index is 0.212. The van der Waals surface area contributed by atoms with E-state index in [9.17, 15) is 4.79 Å². The Morgan fingerprint density at radius 2 is 2.40 bits per heavy atom. The number of Topliss-reactive ketones (excluding diaryl/α,β-unsaturated/α-hetero) is 1. The molecule has 1 saturated carbocycles. The van der Waals surface area contributed by atoms with Crippen molar-refractivity contribution in [2.45, 2.75) is 38.6 Å². The van der Waals surface area contributed by atoms with Crippen LogP contribution in [-0.2, 0) is 9.53 Å². The van der Waals surface area contributed by atoms with Crippen LogP contribution in [0.4, 0.5) is 0 Å². The van der Waals surface area contributed by atoms with Crippen molar-refractivity contribution >= 4 is 5.78 Å². The van der Waals surface area contributed by atoms with Crippen LogP contribution in [0.15, 0.2) is 0 Å². The first-order valence-corrected chi connectivity index (χ1v) is 6.15. The Kier molecular flexibility index (Phi) is 3.76. The highest BCUT2D eigenvalue weighted by Gasteiger charge is 2.34. The lowest BCUT2D eigenvalue weighted by Crippen LogP contribution is -2.50. The molecule has 1 N–H and O–H groups in total. The first kappa shape index (κ1) is 11.1. The Morgan fingerprint density at radius 3 is 3.07 bits per heavy atom. The number of rotatable bonds is 2. The fourth-order valence-corrected chi connectivity index (χ4v) is 2.74. The fourth-order valence-electron chi connectivity index (χ4n) is 2.74. The summed E-state index contributed by atoms with van der Waals surface area (Å²) in [6, 6.07) is 0.278. The largest absolute Gasteiger partial charge is 0.378 e. The maximum Gasteiger partial charge on any atom is 0.137 e. The highest BCUT2D eigenvalue weighted by molar-refractivity contribution is 5.82. The molecule has 0 aromatic rings. The van der Waals surface area contributed by atoms with Crippen molar-refractivity contribution < 1.29 is 9.53 Å². The summed E-state index contributed by atoms with van der Waals surface area (Å²) in [7, 11) is 0. The average Bonchev–Trinajstić information content (AvgIpc) is 2.31. The van der Waals surface area contributed by atoms with Gasteiger partial charge in [0.05, 0.1) is 13.2 Å². The molecule has 15 heavy (non-hydrogen) atoms. The quantitative estimate of drug-likeness (QED) is 0.749. The highest BCUT2D eigenvalue weighted by Crippen LogP contribution is 2.31. The van der Waals surface area contributed by atoms with Crippen molar-refractivity contribution in [2.75, 3.05) is 19.8 Å². The minimum Gasteiger partial charge on any atom is -0.378 e. The minimum absolute atomic E-state index is 0.212. The predicted molar refractivity (Wildman–Crippen MR) is 58.7 cm³/mol. The lowest BCUT2D eigenvalue weighted by Gasteiger charge is -2.35. The van der Waals surface area contributed by atoms with Gasteiger partial charge in [-0.25, -0.2) is 0 Å². The Morgan fingerprint density at radius 1 is 1.53 bits per heavy atom. The number of carbonyl (C=O) groups excluding carboxylic acids is 1. The van der Waals surface area contributed by atoms with Crippen molar-refractivity contribution in [3.05, 3.63) is 0 Å².